The minimum Gasteiger partial charge on any atom is -0.481 e. The molecule has 0 atom stereocenters. The number of halogens is 1. The van der Waals surface area contributed by atoms with Gasteiger partial charge >= 0.3 is 0 Å². The molecule has 4 heteroatoms. The summed E-state index contributed by atoms with van der Waals surface area (Å²) in [5, 5.41) is 3.17. The number of ether oxygens (including phenoxy) is 1. The molecule has 2 aromatic rings. The van der Waals surface area contributed by atoms with E-state index in [1.54, 1.807) is 37.6 Å². The molecule has 19 heavy (non-hydrogen) atoms. The van der Waals surface area contributed by atoms with Crippen LogP contribution in [0.2, 0.25) is 0 Å². The van der Waals surface area contributed by atoms with Crippen LogP contribution in [0.25, 0.3) is 11.1 Å². The van der Waals surface area contributed by atoms with E-state index in [2.05, 4.69) is 10.3 Å². The van der Waals surface area contributed by atoms with Crippen molar-refractivity contribution >= 4 is 0 Å². The monoisotopic (exact) mass is 260 g/mol. The van der Waals surface area contributed by atoms with Crippen LogP contribution in [-0.2, 0) is 6.54 Å². The average molecular weight is 260 g/mol. The van der Waals surface area contributed by atoms with Crippen LogP contribution in [0.3, 0.4) is 0 Å². The van der Waals surface area contributed by atoms with Gasteiger partial charge in [-0.2, -0.15) is 0 Å². The lowest BCUT2D eigenvalue weighted by molar-refractivity contribution is 0.398. The third kappa shape index (κ3) is 3.29. The molecule has 2 rings (SSSR count). The Morgan fingerprint density at radius 2 is 2.11 bits per heavy atom. The zero-order chi connectivity index (χ0) is 13.7. The molecule has 3 nitrogen and oxygen atoms in total. The number of aromatic nitrogens is 1. The Kier molecular flexibility index (Phi) is 4.47. The lowest BCUT2D eigenvalue weighted by Crippen LogP contribution is -2.11. The Balaban J connectivity index is 2.24. The number of nitrogens with zero attached hydrogens (tertiary/aromatic N) is 1. The van der Waals surface area contributed by atoms with Gasteiger partial charge in [-0.15, -0.1) is 0 Å². The van der Waals surface area contributed by atoms with Crippen LogP contribution in [0, 0.1) is 5.82 Å². The maximum absolute atomic E-state index is 14.1. The van der Waals surface area contributed by atoms with E-state index >= 15 is 0 Å². The highest BCUT2D eigenvalue weighted by Gasteiger charge is 2.07. The number of methoxy groups -OCH3 is 1. The predicted molar refractivity (Wildman–Crippen MR) is 73.6 cm³/mol. The Morgan fingerprint density at radius 3 is 2.68 bits per heavy atom. The molecule has 0 spiro atoms. The highest BCUT2D eigenvalue weighted by Crippen LogP contribution is 2.24. The second-order valence-electron chi connectivity index (χ2n) is 4.18. The van der Waals surface area contributed by atoms with Gasteiger partial charge in [0.25, 0.3) is 0 Å². The maximum Gasteiger partial charge on any atom is 0.212 e. The van der Waals surface area contributed by atoms with E-state index in [4.69, 9.17) is 4.74 Å². The summed E-state index contributed by atoms with van der Waals surface area (Å²) in [6, 6.07) is 8.79. The lowest BCUT2D eigenvalue weighted by atomic mass is 10.0. The Hall–Kier alpha value is -1.94. The zero-order valence-corrected chi connectivity index (χ0v) is 11.1. The van der Waals surface area contributed by atoms with Crippen molar-refractivity contribution in [2.24, 2.45) is 0 Å². The van der Waals surface area contributed by atoms with Gasteiger partial charge in [0, 0.05) is 29.9 Å². The topological polar surface area (TPSA) is 34.1 Å². The van der Waals surface area contributed by atoms with Gasteiger partial charge in [-0.05, 0) is 24.2 Å². The van der Waals surface area contributed by atoms with Gasteiger partial charge < -0.3 is 10.1 Å². The predicted octanol–water partition coefficient (Wildman–Crippen LogP) is 3.01. The van der Waals surface area contributed by atoms with Crippen LogP contribution < -0.4 is 10.1 Å². The number of hydrogen-bond acceptors (Lipinski definition) is 3. The summed E-state index contributed by atoms with van der Waals surface area (Å²) in [7, 11) is 1.55. The molecule has 0 fully saturated rings. The molecule has 0 aliphatic carbocycles. The second-order valence-corrected chi connectivity index (χ2v) is 4.18. The number of rotatable bonds is 5. The third-order valence-electron chi connectivity index (χ3n) is 2.87. The number of nitrogens with one attached hydrogen (secondary N) is 1. The van der Waals surface area contributed by atoms with E-state index in [0.717, 1.165) is 17.7 Å². The van der Waals surface area contributed by atoms with Crippen molar-refractivity contribution in [3.05, 3.63) is 47.9 Å². The van der Waals surface area contributed by atoms with Crippen molar-refractivity contribution in [2.75, 3.05) is 13.7 Å². The fraction of sp³-hybridized carbons (Fsp3) is 0.267. The molecule has 1 aromatic carbocycles. The number of hydrogen-bond donors (Lipinski definition) is 1. The van der Waals surface area contributed by atoms with E-state index in [1.165, 1.54) is 0 Å². The molecule has 0 radical (unpaired) electrons. The van der Waals surface area contributed by atoms with Crippen LogP contribution >= 0.6 is 0 Å². The maximum atomic E-state index is 14.1. The first kappa shape index (κ1) is 13.5. The molecule has 0 aliphatic heterocycles. The first-order chi connectivity index (χ1) is 9.24. The van der Waals surface area contributed by atoms with Crippen molar-refractivity contribution in [1.82, 2.24) is 10.3 Å². The summed E-state index contributed by atoms with van der Waals surface area (Å²) in [5.74, 6) is 0.287. The van der Waals surface area contributed by atoms with Gasteiger partial charge in [0.1, 0.15) is 5.82 Å². The van der Waals surface area contributed by atoms with E-state index in [9.17, 15) is 4.39 Å². The Morgan fingerprint density at radius 1 is 1.26 bits per heavy atom. The molecular formula is C15H17FN2O. The summed E-state index contributed by atoms with van der Waals surface area (Å²) in [6.07, 6.45) is 1.61. The summed E-state index contributed by atoms with van der Waals surface area (Å²) in [4.78, 5) is 4.09. The van der Waals surface area contributed by atoms with Gasteiger partial charge in [-0.25, -0.2) is 9.37 Å². The molecule has 1 heterocycles. The van der Waals surface area contributed by atoms with E-state index < -0.39 is 0 Å². The molecule has 0 unspecified atom stereocenters. The quantitative estimate of drug-likeness (QED) is 0.897. The SMILES string of the molecule is CCNCc1ccc(-c2ccc(OC)nc2)c(F)c1. The van der Waals surface area contributed by atoms with Crippen molar-refractivity contribution in [1.29, 1.82) is 0 Å². The summed E-state index contributed by atoms with van der Waals surface area (Å²) in [6.45, 7) is 3.56. The Bertz CT molecular complexity index is 540. The molecule has 1 N–H and O–H groups in total. The zero-order valence-electron chi connectivity index (χ0n) is 11.1. The Labute approximate surface area is 112 Å². The molecule has 1 aromatic heterocycles. The molecular weight excluding hydrogens is 243 g/mol. The van der Waals surface area contributed by atoms with Crippen LogP contribution in [0.4, 0.5) is 4.39 Å². The second kappa shape index (κ2) is 6.29. The van der Waals surface area contributed by atoms with Crippen LogP contribution in [0.15, 0.2) is 36.5 Å². The fourth-order valence-corrected chi connectivity index (χ4v) is 1.83. The van der Waals surface area contributed by atoms with E-state index in [1.807, 2.05) is 13.0 Å². The van der Waals surface area contributed by atoms with Crippen molar-refractivity contribution in [3.8, 4) is 17.0 Å². The summed E-state index contributed by atoms with van der Waals surface area (Å²) in [5.41, 5.74) is 2.23. The normalized spacial score (nSPS) is 10.5. The third-order valence-corrected chi connectivity index (χ3v) is 2.87. The first-order valence-corrected chi connectivity index (χ1v) is 6.24. The van der Waals surface area contributed by atoms with Crippen molar-refractivity contribution < 1.29 is 9.13 Å². The van der Waals surface area contributed by atoms with Crippen LogP contribution in [-0.4, -0.2) is 18.6 Å². The largest absolute Gasteiger partial charge is 0.481 e. The number of pyridine rings is 1. The van der Waals surface area contributed by atoms with Gasteiger partial charge in [0.15, 0.2) is 0 Å². The van der Waals surface area contributed by atoms with Gasteiger partial charge in [-0.3, -0.25) is 0 Å². The van der Waals surface area contributed by atoms with E-state index in [0.29, 0.717) is 18.0 Å². The minimum absolute atomic E-state index is 0.234. The smallest absolute Gasteiger partial charge is 0.212 e. The van der Waals surface area contributed by atoms with Gasteiger partial charge in [0.05, 0.1) is 7.11 Å². The lowest BCUT2D eigenvalue weighted by Gasteiger charge is -2.07. The molecule has 0 saturated heterocycles. The minimum atomic E-state index is -0.234. The summed E-state index contributed by atoms with van der Waals surface area (Å²) < 4.78 is 19.0. The van der Waals surface area contributed by atoms with Crippen LogP contribution in [0.1, 0.15) is 12.5 Å². The summed E-state index contributed by atoms with van der Waals surface area (Å²) >= 11 is 0. The average Bonchev–Trinajstić information content (AvgIpc) is 2.45. The van der Waals surface area contributed by atoms with Gasteiger partial charge in [0.2, 0.25) is 5.88 Å². The van der Waals surface area contributed by atoms with Crippen LogP contribution in [0.5, 0.6) is 5.88 Å². The standard InChI is InChI=1S/C15H17FN2O/c1-3-17-9-11-4-6-13(14(16)8-11)12-5-7-15(19-2)18-10-12/h4-8,10,17H,3,9H2,1-2H3. The molecule has 0 bridgehead atoms. The fourth-order valence-electron chi connectivity index (χ4n) is 1.83. The van der Waals surface area contributed by atoms with E-state index in [-0.39, 0.29) is 5.82 Å². The highest BCUT2D eigenvalue weighted by molar-refractivity contribution is 5.63. The molecule has 0 aliphatic rings. The van der Waals surface area contributed by atoms with Crippen molar-refractivity contribution in [2.45, 2.75) is 13.5 Å². The first-order valence-electron chi connectivity index (χ1n) is 6.24. The molecule has 0 saturated carbocycles. The van der Waals surface area contributed by atoms with Gasteiger partial charge in [-0.1, -0.05) is 19.1 Å². The molecule has 100 valence electrons. The van der Waals surface area contributed by atoms with Crippen molar-refractivity contribution in [3.63, 3.8) is 0 Å². The highest BCUT2D eigenvalue weighted by atomic mass is 19.1. The number of benzene rings is 1. The molecule has 0 amide bonds.